The van der Waals surface area contributed by atoms with Crippen molar-refractivity contribution in [2.45, 2.75) is 187 Å². The molecule has 1 aromatic heterocycles. The highest BCUT2D eigenvalue weighted by molar-refractivity contribution is 6.03. The zero-order valence-electron chi connectivity index (χ0n) is 71.7. The van der Waals surface area contributed by atoms with Crippen LogP contribution in [-0.4, -0.2) is 227 Å². The lowest BCUT2D eigenvalue weighted by Gasteiger charge is -2.63. The van der Waals surface area contributed by atoms with Crippen LogP contribution in [0.2, 0.25) is 0 Å². The Labute approximate surface area is 721 Å². The number of unbranched alkanes of at least 4 members (excludes halogenated alkanes) is 1. The Hall–Kier alpha value is -9.81. The van der Waals surface area contributed by atoms with Crippen molar-refractivity contribution in [2.24, 2.45) is 40.2 Å². The fourth-order valence-electron chi connectivity index (χ4n) is 17.9. The number of aromatic nitrogens is 3. The van der Waals surface area contributed by atoms with E-state index in [4.69, 9.17) is 57.8 Å². The summed E-state index contributed by atoms with van der Waals surface area (Å²) >= 11 is 0. The highest BCUT2D eigenvalue weighted by Gasteiger charge is 2.80. The number of Topliss-reactive ketones (excluding diaryl/α,β-unsaturated/α-hetero) is 2. The van der Waals surface area contributed by atoms with Crippen molar-refractivity contribution in [3.63, 3.8) is 0 Å². The number of primary amides is 1. The zero-order valence-corrected chi connectivity index (χ0v) is 71.7. The summed E-state index contributed by atoms with van der Waals surface area (Å²) in [4.78, 5) is 122. The second kappa shape index (κ2) is 45.4. The van der Waals surface area contributed by atoms with Crippen LogP contribution >= 0.6 is 0 Å². The Bertz CT molecular complexity index is 4520. The smallest absolute Gasteiger partial charge is 0.411 e. The molecule has 7 amide bonds. The number of alkyl halides is 2. The minimum Gasteiger partial charge on any atom is -0.486 e. The van der Waals surface area contributed by atoms with Crippen LogP contribution in [0, 0.1) is 34.5 Å². The minimum atomic E-state index is -2.36. The molecule has 31 nitrogen and oxygen atoms in total. The quantitative estimate of drug-likeness (QED) is 0.0178. The Morgan fingerprint density at radius 2 is 1.35 bits per heavy atom. The molecular formula is C91H120F2N10O21. The number of allylic oxidation sites excluding steroid dienone is 4. The SMILES string of the molecule is CCCCOCCOCCOCCn1nnc2c1-c1ccccc1N(C(=O)CCC(=O)NCCOCCOCCOCCOCCC(=O)N[C@H](C(=O)C[C@@H](CCCNC(N)=O)C(=O)Nc1ccc(COC(=O)Nc3ccc(OCC(=O)[C@@]45OC(CCC)O[C@@H]4C[C@H]4[C@@H]6C[C@H](F)C7=CC(=O)C=C[C@]7(C)[C@@]6(F)[C@@H](O)C[C@@]45C)cc3)cc1)C(C)C)Cc1ccccc1-2. The van der Waals surface area contributed by atoms with E-state index in [0.29, 0.717) is 87.2 Å². The number of hydrogen-bond donors (Lipinski definition) is 7. The molecule has 1 unspecified atom stereocenters. The summed E-state index contributed by atoms with van der Waals surface area (Å²) in [5, 5.41) is 34.8. The van der Waals surface area contributed by atoms with Crippen LogP contribution in [0.25, 0.3) is 22.5 Å². The number of rotatable bonds is 50. The molecule has 5 aromatic rings. The first kappa shape index (κ1) is 94.9. The van der Waals surface area contributed by atoms with Crippen molar-refractivity contribution in [1.29, 1.82) is 0 Å². The van der Waals surface area contributed by atoms with Gasteiger partial charge in [-0.25, -0.2) is 23.1 Å². The molecule has 8 N–H and O–H groups in total. The Morgan fingerprint density at radius 1 is 0.702 bits per heavy atom. The Balaban J connectivity index is 0.539. The number of fused-ring (bicyclic) bond motifs is 12. The number of nitrogens with two attached hydrogens (primary N) is 1. The molecule has 0 bridgehead atoms. The normalized spacial score (nSPS) is 23.2. The van der Waals surface area contributed by atoms with Crippen molar-refractivity contribution in [3.05, 3.63) is 132 Å². The third kappa shape index (κ3) is 23.5. The van der Waals surface area contributed by atoms with E-state index in [0.717, 1.165) is 47.9 Å². The lowest BCUT2D eigenvalue weighted by Crippen LogP contribution is -2.71. The highest BCUT2D eigenvalue weighted by atomic mass is 19.1. The van der Waals surface area contributed by atoms with Gasteiger partial charge in [0.25, 0.3) is 0 Å². The number of anilines is 3. The first-order valence-corrected chi connectivity index (χ1v) is 43.3. The predicted octanol–water partition coefficient (Wildman–Crippen LogP) is 10.4. The molecule has 33 heteroatoms. The number of para-hydroxylation sites is 1. The van der Waals surface area contributed by atoms with Gasteiger partial charge in [-0.15, -0.1) is 5.10 Å². The van der Waals surface area contributed by atoms with Crippen LogP contribution in [-0.2, 0) is 101 Å². The number of halogens is 2. The van der Waals surface area contributed by atoms with Crippen molar-refractivity contribution >= 4 is 70.2 Å². The van der Waals surface area contributed by atoms with E-state index >= 15 is 8.78 Å². The molecule has 0 radical (unpaired) electrons. The first-order valence-electron chi connectivity index (χ1n) is 43.3. The van der Waals surface area contributed by atoms with Crippen molar-refractivity contribution < 1.29 is 109 Å². The van der Waals surface area contributed by atoms with E-state index in [1.54, 1.807) is 74.2 Å². The van der Waals surface area contributed by atoms with Gasteiger partial charge < -0.3 is 89.1 Å². The van der Waals surface area contributed by atoms with Gasteiger partial charge in [0.15, 0.2) is 29.1 Å². The molecule has 3 saturated carbocycles. The summed E-state index contributed by atoms with van der Waals surface area (Å²) in [7, 11) is 0. The van der Waals surface area contributed by atoms with Gasteiger partial charge in [0.05, 0.1) is 129 Å². The third-order valence-electron chi connectivity index (χ3n) is 24.2. The number of benzene rings is 4. The first-order chi connectivity index (χ1) is 59.8. The van der Waals surface area contributed by atoms with E-state index in [1.165, 1.54) is 19.1 Å². The molecule has 2 aliphatic heterocycles. The average Bonchev–Trinajstić information content (AvgIpc) is 1.48. The summed E-state index contributed by atoms with van der Waals surface area (Å²) in [6.07, 6.45) is 1.18. The molecule has 0 spiro atoms. The molecule has 4 aromatic carbocycles. The molecular weight excluding hydrogens is 1610 g/mol. The topological polar surface area (TPSA) is 396 Å². The zero-order chi connectivity index (χ0) is 88.4. The van der Waals surface area contributed by atoms with Gasteiger partial charge in [-0.3, -0.25) is 38.9 Å². The fraction of sp³-hybridized carbons (Fsp3) is 0.571. The minimum absolute atomic E-state index is 0.00362. The van der Waals surface area contributed by atoms with E-state index in [2.05, 4.69) is 43.8 Å². The van der Waals surface area contributed by atoms with E-state index < -0.39 is 113 Å². The van der Waals surface area contributed by atoms with Gasteiger partial charge in [-0.1, -0.05) is 113 Å². The number of aliphatic hydroxyl groups is 1. The molecule has 674 valence electrons. The average molecular weight is 1730 g/mol. The van der Waals surface area contributed by atoms with E-state index in [-0.39, 0.29) is 165 Å². The molecule has 124 heavy (non-hydrogen) atoms. The number of hydrogen-bond acceptors (Lipinski definition) is 23. The number of nitrogens with zero attached hydrogens (tertiary/aromatic N) is 4. The Morgan fingerprint density at radius 3 is 2.03 bits per heavy atom. The summed E-state index contributed by atoms with van der Waals surface area (Å²) in [6.45, 7) is 16.2. The molecule has 4 aliphatic carbocycles. The van der Waals surface area contributed by atoms with Gasteiger partial charge in [0.2, 0.25) is 29.4 Å². The van der Waals surface area contributed by atoms with Gasteiger partial charge >= 0.3 is 12.1 Å². The monoisotopic (exact) mass is 1730 g/mol. The summed E-state index contributed by atoms with van der Waals surface area (Å²) < 4.78 is 100. The van der Waals surface area contributed by atoms with Crippen LogP contribution in [0.4, 0.5) is 35.4 Å². The second-order valence-corrected chi connectivity index (χ2v) is 32.9. The maximum Gasteiger partial charge on any atom is 0.411 e. The van der Waals surface area contributed by atoms with Crippen LogP contribution in [0.3, 0.4) is 0 Å². The standard InChI is InChI=1S/C91H120F2N10O21/c1-7-9-37-114-41-45-118-48-44-117-40-36-103-84-68-19-12-13-20-73(68)102(56-62-16-10-11-18-67(62)83(84)100-101-103)80(110)30-29-78(108)95-35-39-116-43-47-120-50-49-119-46-42-115-38-32-79(109)99-82(59(3)4)74(105)51-61(17-14-34-96-86(94)112)85(111)97-63-23-21-60(22-24-63)57-122-87(113)98-64-25-27-66(28-26-64)121-58-76(107)91-77(123-81(124-91)15-8-2)54-69-70-53-72(92)71-52-65(104)31-33-88(71,5)90(70,93)75(106)55-89(69,91)6/h10-13,16,18-28,31,33,52,59,61,69-70,72,75,77,81-82,106H,7-9,14-15,17,29-30,32,34-51,53-58H2,1-6H3,(H,95,108)(H,97,111)(H,98,113)(H,99,109)(H3,94,96,112)/t61-,69+,70+,72+,75+,77-,81?,82+,88+,89+,90+,91-/m1/s1. The summed E-state index contributed by atoms with van der Waals surface area (Å²) in [5.41, 5.74) is 4.46. The van der Waals surface area contributed by atoms with Gasteiger partial charge in [-0.2, -0.15) is 0 Å². The Kier molecular flexibility index (Phi) is 34.7. The van der Waals surface area contributed by atoms with E-state index in [9.17, 15) is 48.3 Å². The van der Waals surface area contributed by atoms with Crippen LogP contribution in [0.5, 0.6) is 5.75 Å². The summed E-state index contributed by atoms with van der Waals surface area (Å²) in [5.74, 6) is -5.32. The van der Waals surface area contributed by atoms with Gasteiger partial charge in [-0.05, 0) is 135 Å². The van der Waals surface area contributed by atoms with Crippen LogP contribution < -0.4 is 42.0 Å². The molecule has 12 atom stereocenters. The number of urea groups is 1. The van der Waals surface area contributed by atoms with Gasteiger partial charge in [0, 0.05) is 90.5 Å². The number of carbonyl (C=O) groups is 9. The van der Waals surface area contributed by atoms with Crippen molar-refractivity contribution in [2.75, 3.05) is 128 Å². The highest BCUT2D eigenvalue weighted by Crippen LogP contribution is 2.72. The number of aliphatic hydroxyl groups excluding tert-OH is 1. The predicted molar refractivity (Wildman–Crippen MR) is 454 cm³/mol. The van der Waals surface area contributed by atoms with Crippen molar-refractivity contribution in [3.8, 4) is 28.3 Å². The fourth-order valence-corrected chi connectivity index (χ4v) is 17.9. The number of amides is 7. The maximum absolute atomic E-state index is 18.0. The molecule has 6 aliphatic rings. The number of nitrogens with one attached hydrogen (secondary N) is 5. The summed E-state index contributed by atoms with van der Waals surface area (Å²) in [6, 6.07) is 26.5. The number of carbonyl (C=O) groups excluding carboxylic acids is 9. The lowest BCUT2D eigenvalue weighted by molar-refractivity contribution is -0.234. The largest absolute Gasteiger partial charge is 0.486 e. The molecule has 1 saturated heterocycles. The molecule has 4 fully saturated rings. The molecule has 11 rings (SSSR count). The number of ketones is 3. The van der Waals surface area contributed by atoms with Crippen LogP contribution in [0.15, 0.2) is 121 Å². The van der Waals surface area contributed by atoms with E-state index in [1.807, 2.05) is 60.1 Å². The number of ether oxygens (including phenoxy) is 11. The van der Waals surface area contributed by atoms with Crippen molar-refractivity contribution in [1.82, 2.24) is 30.9 Å². The third-order valence-corrected chi connectivity index (χ3v) is 24.2. The lowest BCUT2D eigenvalue weighted by atomic mass is 9.44. The molecule has 3 heterocycles. The second-order valence-electron chi connectivity index (χ2n) is 32.9. The maximum atomic E-state index is 18.0. The van der Waals surface area contributed by atoms with Crippen LogP contribution in [0.1, 0.15) is 136 Å². The van der Waals surface area contributed by atoms with Gasteiger partial charge in [0.1, 0.15) is 30.8 Å².